The monoisotopic (exact) mass is 434 g/mol. The number of benzene rings is 2. The summed E-state index contributed by atoms with van der Waals surface area (Å²) in [7, 11) is 0. The zero-order valence-electron chi connectivity index (χ0n) is 19.6. The number of nitrogens with one attached hydrogen (secondary N) is 1. The molecule has 0 aromatic heterocycles. The van der Waals surface area contributed by atoms with E-state index in [1.807, 2.05) is 12.1 Å². The molecule has 2 aromatic carbocycles. The van der Waals surface area contributed by atoms with Crippen molar-refractivity contribution in [3.63, 3.8) is 0 Å². The molecule has 32 heavy (non-hydrogen) atoms. The Labute approximate surface area is 191 Å². The van der Waals surface area contributed by atoms with Gasteiger partial charge in [0, 0.05) is 19.0 Å². The lowest BCUT2D eigenvalue weighted by Crippen LogP contribution is -2.41. The van der Waals surface area contributed by atoms with Gasteiger partial charge in [-0.3, -0.25) is 9.59 Å². The summed E-state index contributed by atoms with van der Waals surface area (Å²) in [5.74, 6) is 1.37. The standard InChI is InChI=1S/C27H34N2O3/c1-17(2)16-28-26(30)19(4)32-23-11-10-20-12-13-29(27(31)21-8-9-21)25(24(20)15-23)22-7-5-6-18(3)14-22/h5-7,10-11,14-15,17,19,21,25H,8-9,12-13,16H2,1-4H3,(H,28,30)/t19-,25+/m1/s1. The number of fused-ring (bicyclic) bond motifs is 1. The molecule has 170 valence electrons. The lowest BCUT2D eigenvalue weighted by Gasteiger charge is -2.38. The highest BCUT2D eigenvalue weighted by molar-refractivity contribution is 5.82. The van der Waals surface area contributed by atoms with Crippen molar-refractivity contribution in [1.82, 2.24) is 10.2 Å². The zero-order chi connectivity index (χ0) is 22.8. The summed E-state index contributed by atoms with van der Waals surface area (Å²) in [6, 6.07) is 14.3. The van der Waals surface area contributed by atoms with E-state index in [0.717, 1.165) is 36.9 Å². The molecule has 5 nitrogen and oxygen atoms in total. The van der Waals surface area contributed by atoms with Crippen molar-refractivity contribution in [3.8, 4) is 5.75 Å². The van der Waals surface area contributed by atoms with E-state index in [-0.39, 0.29) is 23.8 Å². The number of carbonyl (C=O) groups excluding carboxylic acids is 2. The maximum atomic E-state index is 13.2. The first-order chi connectivity index (χ1) is 15.3. The van der Waals surface area contributed by atoms with E-state index in [9.17, 15) is 9.59 Å². The third kappa shape index (κ3) is 4.98. The van der Waals surface area contributed by atoms with Gasteiger partial charge in [0.25, 0.3) is 5.91 Å². The maximum Gasteiger partial charge on any atom is 0.260 e. The highest BCUT2D eigenvalue weighted by atomic mass is 16.5. The molecule has 1 N–H and O–H groups in total. The van der Waals surface area contributed by atoms with Crippen LogP contribution >= 0.6 is 0 Å². The van der Waals surface area contributed by atoms with Crippen molar-refractivity contribution >= 4 is 11.8 Å². The summed E-state index contributed by atoms with van der Waals surface area (Å²) in [6.07, 6.45) is 2.24. The molecule has 2 amide bonds. The number of nitrogens with zero attached hydrogens (tertiary/aromatic N) is 1. The second kappa shape index (κ2) is 9.35. The van der Waals surface area contributed by atoms with E-state index >= 15 is 0 Å². The smallest absolute Gasteiger partial charge is 0.260 e. The quantitative estimate of drug-likeness (QED) is 0.702. The van der Waals surface area contributed by atoms with Crippen LogP contribution in [0, 0.1) is 18.8 Å². The summed E-state index contributed by atoms with van der Waals surface area (Å²) in [5, 5.41) is 2.93. The average molecular weight is 435 g/mol. The number of hydrogen-bond donors (Lipinski definition) is 1. The van der Waals surface area contributed by atoms with Crippen molar-refractivity contribution in [2.24, 2.45) is 11.8 Å². The molecule has 5 heteroatoms. The van der Waals surface area contributed by atoms with Gasteiger partial charge in [-0.2, -0.15) is 0 Å². The Morgan fingerprint density at radius 3 is 2.59 bits per heavy atom. The Morgan fingerprint density at radius 2 is 1.91 bits per heavy atom. The minimum atomic E-state index is -0.586. The highest BCUT2D eigenvalue weighted by Crippen LogP contribution is 2.41. The molecular formula is C27H34N2O3. The molecule has 0 spiro atoms. The van der Waals surface area contributed by atoms with Crippen molar-refractivity contribution in [2.75, 3.05) is 13.1 Å². The molecular weight excluding hydrogens is 400 g/mol. The Balaban J connectivity index is 1.63. The number of ether oxygens (including phenoxy) is 1. The second-order valence-electron chi connectivity index (χ2n) is 9.63. The first-order valence-electron chi connectivity index (χ1n) is 11.8. The van der Waals surface area contributed by atoms with Crippen LogP contribution in [0.25, 0.3) is 0 Å². The van der Waals surface area contributed by atoms with Crippen LogP contribution in [-0.4, -0.2) is 35.9 Å². The van der Waals surface area contributed by atoms with Crippen LogP contribution in [-0.2, 0) is 16.0 Å². The fourth-order valence-corrected chi connectivity index (χ4v) is 4.37. The van der Waals surface area contributed by atoms with E-state index in [1.165, 1.54) is 11.1 Å². The van der Waals surface area contributed by atoms with Gasteiger partial charge in [0.15, 0.2) is 6.10 Å². The van der Waals surface area contributed by atoms with Gasteiger partial charge in [-0.05, 0) is 67.9 Å². The second-order valence-corrected chi connectivity index (χ2v) is 9.63. The summed E-state index contributed by atoms with van der Waals surface area (Å²) in [4.78, 5) is 27.6. The number of hydrogen-bond acceptors (Lipinski definition) is 3. The van der Waals surface area contributed by atoms with Gasteiger partial charge in [0.2, 0.25) is 5.91 Å². The van der Waals surface area contributed by atoms with Gasteiger partial charge < -0.3 is 15.0 Å². The molecule has 0 radical (unpaired) electrons. The minimum Gasteiger partial charge on any atom is -0.481 e. The fraction of sp³-hybridized carbons (Fsp3) is 0.481. The third-order valence-electron chi connectivity index (χ3n) is 6.28. The number of aryl methyl sites for hydroxylation is 1. The van der Waals surface area contributed by atoms with Gasteiger partial charge in [0.1, 0.15) is 5.75 Å². The van der Waals surface area contributed by atoms with E-state index in [4.69, 9.17) is 4.74 Å². The summed E-state index contributed by atoms with van der Waals surface area (Å²) in [5.41, 5.74) is 4.64. The van der Waals surface area contributed by atoms with Crippen molar-refractivity contribution in [3.05, 3.63) is 64.7 Å². The topological polar surface area (TPSA) is 58.6 Å². The van der Waals surface area contributed by atoms with Crippen molar-refractivity contribution < 1.29 is 14.3 Å². The van der Waals surface area contributed by atoms with Crippen LogP contribution in [0.4, 0.5) is 0 Å². The van der Waals surface area contributed by atoms with Gasteiger partial charge in [-0.25, -0.2) is 0 Å². The maximum absolute atomic E-state index is 13.2. The van der Waals surface area contributed by atoms with Crippen LogP contribution in [0.2, 0.25) is 0 Å². The Morgan fingerprint density at radius 1 is 1.12 bits per heavy atom. The van der Waals surface area contributed by atoms with E-state index < -0.39 is 6.10 Å². The van der Waals surface area contributed by atoms with Crippen LogP contribution in [0.3, 0.4) is 0 Å². The zero-order valence-corrected chi connectivity index (χ0v) is 19.6. The minimum absolute atomic E-state index is 0.114. The Bertz CT molecular complexity index is 996. The summed E-state index contributed by atoms with van der Waals surface area (Å²) < 4.78 is 6.02. The molecule has 1 heterocycles. The van der Waals surface area contributed by atoms with E-state index in [1.54, 1.807) is 6.92 Å². The van der Waals surface area contributed by atoms with Gasteiger partial charge in [0.05, 0.1) is 6.04 Å². The molecule has 1 aliphatic heterocycles. The number of amides is 2. The Hall–Kier alpha value is -2.82. The van der Waals surface area contributed by atoms with Gasteiger partial charge >= 0.3 is 0 Å². The van der Waals surface area contributed by atoms with E-state index in [2.05, 4.69) is 61.3 Å². The number of rotatable bonds is 7. The van der Waals surface area contributed by atoms with Gasteiger partial charge in [-0.1, -0.05) is 49.7 Å². The molecule has 2 atom stereocenters. The molecule has 0 bridgehead atoms. The molecule has 4 rings (SSSR count). The van der Waals surface area contributed by atoms with Gasteiger partial charge in [-0.15, -0.1) is 0 Å². The number of carbonyl (C=O) groups is 2. The van der Waals surface area contributed by atoms with Crippen LogP contribution in [0.5, 0.6) is 5.75 Å². The first-order valence-corrected chi connectivity index (χ1v) is 11.8. The van der Waals surface area contributed by atoms with E-state index in [0.29, 0.717) is 18.2 Å². The molecule has 2 aromatic rings. The van der Waals surface area contributed by atoms with Crippen molar-refractivity contribution in [1.29, 1.82) is 0 Å². The molecule has 1 saturated carbocycles. The summed E-state index contributed by atoms with van der Waals surface area (Å²) >= 11 is 0. The largest absolute Gasteiger partial charge is 0.481 e. The highest BCUT2D eigenvalue weighted by Gasteiger charge is 2.39. The molecule has 1 aliphatic carbocycles. The Kier molecular flexibility index (Phi) is 6.54. The molecule has 0 unspecified atom stereocenters. The van der Waals surface area contributed by atoms with Crippen LogP contribution in [0.15, 0.2) is 42.5 Å². The molecule has 1 fully saturated rings. The lowest BCUT2D eigenvalue weighted by atomic mass is 9.87. The summed E-state index contributed by atoms with van der Waals surface area (Å²) in [6.45, 7) is 9.34. The normalized spacial score (nSPS) is 18.8. The van der Waals surface area contributed by atoms with Crippen molar-refractivity contribution in [2.45, 2.75) is 59.1 Å². The van der Waals surface area contributed by atoms with Crippen LogP contribution < -0.4 is 10.1 Å². The third-order valence-corrected chi connectivity index (χ3v) is 6.28. The SMILES string of the molecule is Cc1cccc([C@H]2c3cc(O[C@H](C)C(=O)NCC(C)C)ccc3CCN2C(=O)C2CC2)c1. The first kappa shape index (κ1) is 22.4. The molecule has 0 saturated heterocycles. The van der Waals surface area contributed by atoms with Crippen LogP contribution in [0.1, 0.15) is 61.9 Å². The average Bonchev–Trinajstić information content (AvgIpc) is 3.61. The lowest BCUT2D eigenvalue weighted by molar-refractivity contribution is -0.134. The predicted octanol–water partition coefficient (Wildman–Crippen LogP) is 4.42. The fourth-order valence-electron chi connectivity index (χ4n) is 4.37. The predicted molar refractivity (Wildman–Crippen MR) is 126 cm³/mol. The molecule has 2 aliphatic rings.